The summed E-state index contributed by atoms with van der Waals surface area (Å²) in [5.74, 6) is 0.0296. The lowest BCUT2D eigenvalue weighted by atomic mass is 10.1. The smallest absolute Gasteiger partial charge is 0.238 e. The van der Waals surface area contributed by atoms with Crippen LogP contribution >= 0.6 is 0 Å². The van der Waals surface area contributed by atoms with Gasteiger partial charge in [-0.15, -0.1) is 0 Å². The van der Waals surface area contributed by atoms with E-state index in [1.807, 2.05) is 18.2 Å². The van der Waals surface area contributed by atoms with Crippen LogP contribution in [0.1, 0.15) is 32.3 Å². The van der Waals surface area contributed by atoms with Crippen molar-refractivity contribution in [2.24, 2.45) is 0 Å². The molecule has 3 nitrogen and oxygen atoms in total. The van der Waals surface area contributed by atoms with Crippen LogP contribution in [0.2, 0.25) is 0 Å². The number of para-hydroxylation sites is 1. The summed E-state index contributed by atoms with van der Waals surface area (Å²) in [5.41, 5.74) is 2.15. The molecule has 1 rings (SSSR count). The summed E-state index contributed by atoms with van der Waals surface area (Å²) in [5, 5.41) is 6.05. The van der Waals surface area contributed by atoms with E-state index in [9.17, 15) is 4.79 Å². The van der Waals surface area contributed by atoms with Crippen LogP contribution < -0.4 is 10.6 Å². The molecule has 0 saturated carbocycles. The largest absolute Gasteiger partial charge is 0.325 e. The molecule has 3 heteroatoms. The topological polar surface area (TPSA) is 41.1 Å². The Balaban J connectivity index is 2.52. The molecular formula is C14H22N2O. The fourth-order valence-electron chi connectivity index (χ4n) is 1.70. The first-order chi connectivity index (χ1) is 8.27. The fraction of sp³-hybridized carbons (Fsp3) is 0.500. The van der Waals surface area contributed by atoms with Crippen molar-refractivity contribution in [2.75, 3.05) is 18.4 Å². The predicted molar refractivity (Wildman–Crippen MR) is 72.2 cm³/mol. The molecule has 0 aliphatic heterocycles. The number of aryl methyl sites for hydroxylation is 1. The Morgan fingerprint density at radius 1 is 1.18 bits per heavy atom. The molecule has 0 spiro atoms. The molecule has 1 aromatic carbocycles. The highest BCUT2D eigenvalue weighted by Gasteiger charge is 2.05. The highest BCUT2D eigenvalue weighted by Crippen LogP contribution is 2.16. The van der Waals surface area contributed by atoms with Gasteiger partial charge in [0.2, 0.25) is 5.91 Å². The normalized spacial score (nSPS) is 10.2. The minimum Gasteiger partial charge on any atom is -0.325 e. The number of anilines is 1. The van der Waals surface area contributed by atoms with Crippen molar-refractivity contribution in [1.29, 1.82) is 0 Å². The lowest BCUT2D eigenvalue weighted by Crippen LogP contribution is -2.28. The summed E-state index contributed by atoms with van der Waals surface area (Å²) < 4.78 is 0. The van der Waals surface area contributed by atoms with Crippen LogP contribution in [0.4, 0.5) is 5.69 Å². The Hall–Kier alpha value is -1.35. The van der Waals surface area contributed by atoms with Gasteiger partial charge in [-0.3, -0.25) is 4.79 Å². The van der Waals surface area contributed by atoms with E-state index >= 15 is 0 Å². The van der Waals surface area contributed by atoms with Gasteiger partial charge in [0.15, 0.2) is 0 Å². The number of carbonyl (C=O) groups excluding carboxylic acids is 1. The van der Waals surface area contributed by atoms with Crippen molar-refractivity contribution in [1.82, 2.24) is 5.32 Å². The van der Waals surface area contributed by atoms with Crippen LogP contribution in [0, 0.1) is 0 Å². The zero-order valence-corrected chi connectivity index (χ0v) is 10.8. The highest BCUT2D eigenvalue weighted by atomic mass is 16.1. The zero-order valence-electron chi connectivity index (χ0n) is 10.8. The van der Waals surface area contributed by atoms with Crippen LogP contribution in [-0.2, 0) is 11.2 Å². The third kappa shape index (κ3) is 5.00. The molecule has 1 aromatic rings. The molecule has 0 radical (unpaired) electrons. The van der Waals surface area contributed by atoms with Crippen molar-refractivity contribution < 1.29 is 4.79 Å². The summed E-state index contributed by atoms with van der Waals surface area (Å²) in [6.07, 6.45) is 3.12. The van der Waals surface area contributed by atoms with Gasteiger partial charge in [-0.2, -0.15) is 0 Å². The van der Waals surface area contributed by atoms with Gasteiger partial charge in [0.25, 0.3) is 0 Å². The van der Waals surface area contributed by atoms with Crippen LogP contribution in [0.3, 0.4) is 0 Å². The summed E-state index contributed by atoms with van der Waals surface area (Å²) in [7, 11) is 0. The number of amides is 1. The first-order valence-electron chi connectivity index (χ1n) is 6.36. The Labute approximate surface area is 104 Å². The van der Waals surface area contributed by atoms with Gasteiger partial charge in [0, 0.05) is 5.69 Å². The number of carbonyl (C=O) groups is 1. The quantitative estimate of drug-likeness (QED) is 0.712. The van der Waals surface area contributed by atoms with Crippen LogP contribution in [-0.4, -0.2) is 19.0 Å². The number of benzene rings is 1. The maximum Gasteiger partial charge on any atom is 0.238 e. The van der Waals surface area contributed by atoms with E-state index in [4.69, 9.17) is 0 Å². The Morgan fingerprint density at radius 2 is 1.94 bits per heavy atom. The van der Waals surface area contributed by atoms with Crippen molar-refractivity contribution in [3.8, 4) is 0 Å². The van der Waals surface area contributed by atoms with Crippen LogP contribution in [0.15, 0.2) is 24.3 Å². The molecule has 0 aliphatic carbocycles. The lowest BCUT2D eigenvalue weighted by molar-refractivity contribution is -0.115. The fourth-order valence-corrected chi connectivity index (χ4v) is 1.70. The molecule has 94 valence electrons. The number of nitrogens with one attached hydrogen (secondary N) is 2. The van der Waals surface area contributed by atoms with Crippen LogP contribution in [0.5, 0.6) is 0 Å². The van der Waals surface area contributed by atoms with Gasteiger partial charge in [-0.1, -0.05) is 38.5 Å². The maximum atomic E-state index is 11.7. The van der Waals surface area contributed by atoms with Crippen LogP contribution in [0.25, 0.3) is 0 Å². The molecule has 0 fully saturated rings. The van der Waals surface area contributed by atoms with Crippen molar-refractivity contribution in [3.63, 3.8) is 0 Å². The van der Waals surface area contributed by atoms with Gasteiger partial charge in [0.1, 0.15) is 0 Å². The SMILES string of the molecule is CCCNCC(=O)Nc1ccccc1CCC. The molecule has 0 heterocycles. The minimum atomic E-state index is 0.0296. The van der Waals surface area contributed by atoms with Gasteiger partial charge < -0.3 is 10.6 Å². The highest BCUT2D eigenvalue weighted by molar-refractivity contribution is 5.92. The van der Waals surface area contributed by atoms with Crippen molar-refractivity contribution in [2.45, 2.75) is 33.1 Å². The number of hydrogen-bond acceptors (Lipinski definition) is 2. The number of hydrogen-bond donors (Lipinski definition) is 2. The third-order valence-electron chi connectivity index (χ3n) is 2.52. The summed E-state index contributed by atoms with van der Waals surface area (Å²) in [4.78, 5) is 11.7. The van der Waals surface area contributed by atoms with E-state index in [1.165, 1.54) is 5.56 Å². The molecule has 2 N–H and O–H groups in total. The van der Waals surface area contributed by atoms with E-state index in [0.29, 0.717) is 6.54 Å². The Bertz CT molecular complexity index is 350. The second-order valence-electron chi connectivity index (χ2n) is 4.13. The maximum absolute atomic E-state index is 11.7. The van der Waals surface area contributed by atoms with E-state index in [0.717, 1.165) is 31.5 Å². The van der Waals surface area contributed by atoms with Crippen molar-refractivity contribution in [3.05, 3.63) is 29.8 Å². The molecule has 0 aromatic heterocycles. The molecule has 0 aliphatic rings. The van der Waals surface area contributed by atoms with Gasteiger partial charge in [-0.05, 0) is 31.0 Å². The van der Waals surface area contributed by atoms with E-state index in [-0.39, 0.29) is 5.91 Å². The van der Waals surface area contributed by atoms with Gasteiger partial charge >= 0.3 is 0 Å². The van der Waals surface area contributed by atoms with E-state index < -0.39 is 0 Å². The molecule has 1 amide bonds. The molecule has 0 unspecified atom stereocenters. The Kier molecular flexibility index (Phi) is 6.33. The summed E-state index contributed by atoms with van der Waals surface area (Å²) >= 11 is 0. The lowest BCUT2D eigenvalue weighted by Gasteiger charge is -2.10. The molecule has 0 saturated heterocycles. The van der Waals surface area contributed by atoms with Gasteiger partial charge in [0.05, 0.1) is 6.54 Å². The molecular weight excluding hydrogens is 212 g/mol. The monoisotopic (exact) mass is 234 g/mol. The molecule has 0 atom stereocenters. The summed E-state index contributed by atoms with van der Waals surface area (Å²) in [6, 6.07) is 7.99. The average molecular weight is 234 g/mol. The second-order valence-corrected chi connectivity index (χ2v) is 4.13. The van der Waals surface area contributed by atoms with Crippen molar-refractivity contribution >= 4 is 11.6 Å². The zero-order chi connectivity index (χ0) is 12.5. The Morgan fingerprint density at radius 3 is 2.65 bits per heavy atom. The van der Waals surface area contributed by atoms with E-state index in [1.54, 1.807) is 0 Å². The van der Waals surface area contributed by atoms with E-state index in [2.05, 4.69) is 30.5 Å². The third-order valence-corrected chi connectivity index (χ3v) is 2.52. The average Bonchev–Trinajstić information content (AvgIpc) is 2.32. The molecule has 17 heavy (non-hydrogen) atoms. The predicted octanol–water partition coefficient (Wildman–Crippen LogP) is 2.58. The summed E-state index contributed by atoms with van der Waals surface area (Å²) in [6.45, 7) is 5.49. The molecule has 0 bridgehead atoms. The second kappa shape index (κ2) is 7.85. The first kappa shape index (κ1) is 13.7. The van der Waals surface area contributed by atoms with Gasteiger partial charge in [-0.25, -0.2) is 0 Å². The first-order valence-corrected chi connectivity index (χ1v) is 6.36. The number of rotatable bonds is 7. The standard InChI is InChI=1S/C14H22N2O/c1-3-7-12-8-5-6-9-13(12)16-14(17)11-15-10-4-2/h5-6,8-9,15H,3-4,7,10-11H2,1-2H3,(H,16,17). The minimum absolute atomic E-state index is 0.0296.